The number of fused-ring (bicyclic) bond motifs is 1. The molecule has 1 aliphatic rings. The number of anilines is 1. The monoisotopic (exact) mass is 336 g/mol. The lowest BCUT2D eigenvalue weighted by Crippen LogP contribution is -2.36. The molecule has 0 bridgehead atoms. The van der Waals surface area contributed by atoms with E-state index in [1.807, 2.05) is 24.8 Å². The molecular weight excluding hydrogens is 308 g/mol. The van der Waals surface area contributed by atoms with Gasteiger partial charge in [-0.2, -0.15) is 0 Å². The lowest BCUT2D eigenvalue weighted by Gasteiger charge is -2.36. The molecule has 0 spiro atoms. The molecule has 0 radical (unpaired) electrons. The third kappa shape index (κ3) is 3.71. The lowest BCUT2D eigenvalue weighted by atomic mass is 9.80. The lowest BCUT2D eigenvalue weighted by molar-refractivity contribution is -0.132. The summed E-state index contributed by atoms with van der Waals surface area (Å²) in [5.41, 5.74) is 5.09. The Morgan fingerprint density at radius 1 is 1.08 bits per heavy atom. The molecule has 3 nitrogen and oxygen atoms in total. The van der Waals surface area contributed by atoms with Crippen molar-refractivity contribution in [1.82, 2.24) is 4.90 Å². The fourth-order valence-electron chi connectivity index (χ4n) is 3.91. The number of para-hydroxylation sites is 1. The normalized spacial score (nSPS) is 19.0. The third-order valence-corrected chi connectivity index (χ3v) is 5.32. The van der Waals surface area contributed by atoms with Crippen LogP contribution in [0.5, 0.6) is 0 Å². The Balaban J connectivity index is 1.91. The summed E-state index contributed by atoms with van der Waals surface area (Å²) in [7, 11) is 0. The zero-order valence-corrected chi connectivity index (χ0v) is 15.5. The highest BCUT2D eigenvalue weighted by molar-refractivity contribution is 5.77. The molecule has 1 heterocycles. The zero-order chi connectivity index (χ0) is 17.8. The van der Waals surface area contributed by atoms with Gasteiger partial charge in [0.05, 0.1) is 6.04 Å². The minimum absolute atomic E-state index is 0.175. The summed E-state index contributed by atoms with van der Waals surface area (Å²) in [4.78, 5) is 14.7. The van der Waals surface area contributed by atoms with Crippen LogP contribution in [0.1, 0.15) is 43.0 Å². The average Bonchev–Trinajstić information content (AvgIpc) is 2.63. The van der Waals surface area contributed by atoms with E-state index in [9.17, 15) is 4.79 Å². The van der Waals surface area contributed by atoms with Gasteiger partial charge in [0, 0.05) is 25.2 Å². The molecular formula is C22H28N2O. The van der Waals surface area contributed by atoms with Gasteiger partial charge >= 0.3 is 0 Å². The topological polar surface area (TPSA) is 32.3 Å². The van der Waals surface area contributed by atoms with Crippen LogP contribution in [0.3, 0.4) is 0 Å². The standard InChI is InChI=1S/C22H28N2O/c1-4-24(5-2)20(25)15-19-14-18-13-9-10-16(3)21(18)23-22(19)17-11-7-6-8-12-17/h6-13,19,22-23H,4-5,14-15H2,1-3H3. The SMILES string of the molecule is CCN(CC)C(=O)CC1Cc2cccc(C)c2NC1c1ccccc1. The van der Waals surface area contributed by atoms with Gasteiger partial charge in [-0.3, -0.25) is 4.79 Å². The molecule has 0 saturated heterocycles. The van der Waals surface area contributed by atoms with Crippen molar-refractivity contribution in [1.29, 1.82) is 0 Å². The number of hydrogen-bond donors (Lipinski definition) is 1. The smallest absolute Gasteiger partial charge is 0.222 e. The maximum absolute atomic E-state index is 12.7. The number of rotatable bonds is 5. The molecule has 3 rings (SSSR count). The second-order valence-corrected chi connectivity index (χ2v) is 6.88. The van der Waals surface area contributed by atoms with Gasteiger partial charge in [-0.25, -0.2) is 0 Å². The van der Waals surface area contributed by atoms with E-state index in [-0.39, 0.29) is 17.9 Å². The van der Waals surface area contributed by atoms with Crippen molar-refractivity contribution < 1.29 is 4.79 Å². The number of nitrogens with zero attached hydrogens (tertiary/aromatic N) is 1. The van der Waals surface area contributed by atoms with Gasteiger partial charge in [-0.15, -0.1) is 0 Å². The number of carbonyl (C=O) groups is 1. The van der Waals surface area contributed by atoms with Crippen molar-refractivity contribution in [3.8, 4) is 0 Å². The van der Waals surface area contributed by atoms with Crippen molar-refractivity contribution in [3.05, 3.63) is 65.2 Å². The quantitative estimate of drug-likeness (QED) is 0.867. The van der Waals surface area contributed by atoms with Crippen LogP contribution >= 0.6 is 0 Å². The molecule has 0 aromatic heterocycles. The van der Waals surface area contributed by atoms with Crippen LogP contribution < -0.4 is 5.32 Å². The molecule has 1 aliphatic heterocycles. The average molecular weight is 336 g/mol. The van der Waals surface area contributed by atoms with Gasteiger partial charge in [0.15, 0.2) is 0 Å². The Morgan fingerprint density at radius 2 is 1.80 bits per heavy atom. The summed E-state index contributed by atoms with van der Waals surface area (Å²) in [6.45, 7) is 7.80. The molecule has 25 heavy (non-hydrogen) atoms. The van der Waals surface area contributed by atoms with Crippen molar-refractivity contribution in [2.24, 2.45) is 5.92 Å². The minimum Gasteiger partial charge on any atom is -0.377 e. The molecule has 2 unspecified atom stereocenters. The first-order chi connectivity index (χ1) is 12.1. The maximum atomic E-state index is 12.7. The van der Waals surface area contributed by atoms with Gasteiger partial charge in [0.1, 0.15) is 0 Å². The van der Waals surface area contributed by atoms with E-state index in [0.717, 1.165) is 19.5 Å². The Kier molecular flexibility index (Phi) is 5.42. The van der Waals surface area contributed by atoms with Crippen LogP contribution in [-0.2, 0) is 11.2 Å². The van der Waals surface area contributed by atoms with E-state index in [1.165, 1.54) is 22.4 Å². The summed E-state index contributed by atoms with van der Waals surface area (Å²) < 4.78 is 0. The van der Waals surface area contributed by atoms with Gasteiger partial charge in [-0.1, -0.05) is 48.5 Å². The number of hydrogen-bond acceptors (Lipinski definition) is 2. The van der Waals surface area contributed by atoms with E-state index in [1.54, 1.807) is 0 Å². The van der Waals surface area contributed by atoms with Crippen molar-refractivity contribution in [2.45, 2.75) is 39.7 Å². The molecule has 0 aliphatic carbocycles. The van der Waals surface area contributed by atoms with E-state index in [2.05, 4.69) is 54.7 Å². The predicted octanol–water partition coefficient (Wildman–Crippen LogP) is 4.58. The van der Waals surface area contributed by atoms with Crippen molar-refractivity contribution >= 4 is 11.6 Å². The van der Waals surface area contributed by atoms with Crippen LogP contribution in [0.2, 0.25) is 0 Å². The van der Waals surface area contributed by atoms with E-state index in [0.29, 0.717) is 6.42 Å². The second kappa shape index (κ2) is 7.73. The van der Waals surface area contributed by atoms with Crippen LogP contribution in [0.4, 0.5) is 5.69 Å². The van der Waals surface area contributed by atoms with Gasteiger partial charge in [0.2, 0.25) is 5.91 Å². The predicted molar refractivity (Wildman–Crippen MR) is 104 cm³/mol. The van der Waals surface area contributed by atoms with Gasteiger partial charge in [-0.05, 0) is 49.8 Å². The fraction of sp³-hybridized carbons (Fsp3) is 0.409. The minimum atomic E-state index is 0.175. The molecule has 1 amide bonds. The number of carbonyl (C=O) groups excluding carboxylic acids is 1. The van der Waals surface area contributed by atoms with Crippen molar-refractivity contribution in [3.63, 3.8) is 0 Å². The number of benzene rings is 2. The van der Waals surface area contributed by atoms with Gasteiger partial charge in [0.25, 0.3) is 0 Å². The van der Waals surface area contributed by atoms with Crippen LogP contribution in [0.15, 0.2) is 48.5 Å². The molecule has 1 N–H and O–H groups in total. The summed E-state index contributed by atoms with van der Waals surface area (Å²) in [6, 6.07) is 17.1. The third-order valence-electron chi connectivity index (χ3n) is 5.32. The number of aryl methyl sites for hydroxylation is 1. The molecule has 2 atom stereocenters. The molecule has 132 valence electrons. The Bertz CT molecular complexity index is 722. The fourth-order valence-corrected chi connectivity index (χ4v) is 3.91. The molecule has 0 saturated carbocycles. The van der Waals surface area contributed by atoms with E-state index >= 15 is 0 Å². The largest absolute Gasteiger partial charge is 0.377 e. The highest BCUT2D eigenvalue weighted by atomic mass is 16.2. The first kappa shape index (κ1) is 17.5. The summed E-state index contributed by atoms with van der Waals surface area (Å²) in [5.74, 6) is 0.527. The van der Waals surface area contributed by atoms with Gasteiger partial charge < -0.3 is 10.2 Å². The van der Waals surface area contributed by atoms with Crippen LogP contribution in [0, 0.1) is 12.8 Å². The highest BCUT2D eigenvalue weighted by Crippen LogP contribution is 2.40. The Hall–Kier alpha value is -2.29. The molecule has 2 aromatic carbocycles. The maximum Gasteiger partial charge on any atom is 0.222 e. The van der Waals surface area contributed by atoms with E-state index < -0.39 is 0 Å². The Morgan fingerprint density at radius 3 is 2.48 bits per heavy atom. The first-order valence-corrected chi connectivity index (χ1v) is 9.31. The first-order valence-electron chi connectivity index (χ1n) is 9.31. The second-order valence-electron chi connectivity index (χ2n) is 6.88. The molecule has 0 fully saturated rings. The van der Waals surface area contributed by atoms with E-state index in [4.69, 9.17) is 0 Å². The summed E-state index contributed by atoms with van der Waals surface area (Å²) >= 11 is 0. The summed E-state index contributed by atoms with van der Waals surface area (Å²) in [5, 5.41) is 3.74. The summed E-state index contributed by atoms with van der Waals surface area (Å²) in [6.07, 6.45) is 1.53. The van der Waals surface area contributed by atoms with Crippen LogP contribution in [0.25, 0.3) is 0 Å². The zero-order valence-electron chi connectivity index (χ0n) is 15.5. The molecule has 3 heteroatoms. The van der Waals surface area contributed by atoms with Crippen molar-refractivity contribution in [2.75, 3.05) is 18.4 Å². The Labute approximate surface area is 151 Å². The highest BCUT2D eigenvalue weighted by Gasteiger charge is 2.32. The molecule has 2 aromatic rings. The van der Waals surface area contributed by atoms with Crippen LogP contribution in [-0.4, -0.2) is 23.9 Å². The number of nitrogens with one attached hydrogen (secondary N) is 1. The number of amides is 1.